The molecule has 1 aliphatic carbocycles. The van der Waals surface area contributed by atoms with Crippen LogP contribution in [0.15, 0.2) is 71.6 Å². The highest BCUT2D eigenvalue weighted by Crippen LogP contribution is 2.29. The van der Waals surface area contributed by atoms with Crippen LogP contribution in [-0.4, -0.2) is 55.1 Å². The fourth-order valence-corrected chi connectivity index (χ4v) is 6.56. The molecule has 0 radical (unpaired) electrons. The standard InChI is InChI=1S/C27H29N3O4S/c31-26-19-29(16-15-28-26)35(33,34)24-13-6-9-21(17-24)27(32)30(23-11-2-3-12-23)18-22-10-5-8-20-7-1-4-14-25(20)22/h1,4-10,13-14,17,23H,2-3,11-12,15-16,18-19H2,(H,28,31). The van der Waals surface area contributed by atoms with E-state index in [-0.39, 0.29) is 42.4 Å². The highest BCUT2D eigenvalue weighted by Gasteiger charge is 2.31. The molecule has 2 aliphatic rings. The van der Waals surface area contributed by atoms with E-state index in [1.54, 1.807) is 12.1 Å². The van der Waals surface area contributed by atoms with Gasteiger partial charge in [0.15, 0.2) is 0 Å². The van der Waals surface area contributed by atoms with E-state index in [0.29, 0.717) is 12.1 Å². The molecule has 0 bridgehead atoms. The minimum absolute atomic E-state index is 0.0367. The Labute approximate surface area is 205 Å². The van der Waals surface area contributed by atoms with Crippen molar-refractivity contribution in [1.29, 1.82) is 0 Å². The number of piperazine rings is 1. The Morgan fingerprint density at radius 3 is 2.54 bits per heavy atom. The Bertz CT molecular complexity index is 1360. The second-order valence-electron chi connectivity index (χ2n) is 9.23. The number of amides is 2. The number of carbonyl (C=O) groups is 2. The van der Waals surface area contributed by atoms with Gasteiger partial charge >= 0.3 is 0 Å². The maximum atomic E-state index is 13.8. The van der Waals surface area contributed by atoms with Gasteiger partial charge in [-0.15, -0.1) is 0 Å². The predicted octanol–water partition coefficient (Wildman–Crippen LogP) is 3.55. The van der Waals surface area contributed by atoms with Crippen LogP contribution >= 0.6 is 0 Å². The van der Waals surface area contributed by atoms with Crippen LogP contribution in [0.1, 0.15) is 41.6 Å². The van der Waals surface area contributed by atoms with E-state index in [1.807, 2.05) is 23.1 Å². The first kappa shape index (κ1) is 23.5. The number of nitrogens with zero attached hydrogens (tertiary/aromatic N) is 2. The molecule has 7 nitrogen and oxygen atoms in total. The van der Waals surface area contributed by atoms with E-state index in [9.17, 15) is 18.0 Å². The van der Waals surface area contributed by atoms with Gasteiger partial charge in [-0.3, -0.25) is 9.59 Å². The smallest absolute Gasteiger partial charge is 0.254 e. The van der Waals surface area contributed by atoms with E-state index in [4.69, 9.17) is 0 Å². The van der Waals surface area contributed by atoms with Gasteiger partial charge in [0, 0.05) is 31.2 Å². The largest absolute Gasteiger partial charge is 0.354 e. The van der Waals surface area contributed by atoms with E-state index in [2.05, 4.69) is 29.6 Å². The quantitative estimate of drug-likeness (QED) is 0.571. The molecule has 2 fully saturated rings. The van der Waals surface area contributed by atoms with Crippen LogP contribution in [0, 0.1) is 0 Å². The van der Waals surface area contributed by atoms with Gasteiger partial charge in [-0.25, -0.2) is 8.42 Å². The van der Waals surface area contributed by atoms with Gasteiger partial charge in [-0.05, 0) is 47.4 Å². The third-order valence-electron chi connectivity index (χ3n) is 6.97. The molecule has 0 spiro atoms. The third-order valence-corrected chi connectivity index (χ3v) is 8.81. The number of carbonyl (C=O) groups excluding carboxylic acids is 2. The molecule has 2 amide bonds. The summed E-state index contributed by atoms with van der Waals surface area (Å²) in [7, 11) is -3.88. The van der Waals surface area contributed by atoms with Crippen LogP contribution in [-0.2, 0) is 21.4 Å². The van der Waals surface area contributed by atoms with Gasteiger partial charge in [-0.1, -0.05) is 61.4 Å². The molecule has 0 aromatic heterocycles. The van der Waals surface area contributed by atoms with Crippen molar-refractivity contribution in [1.82, 2.24) is 14.5 Å². The highest BCUT2D eigenvalue weighted by atomic mass is 32.2. The molecule has 1 N–H and O–H groups in total. The minimum atomic E-state index is -3.88. The van der Waals surface area contributed by atoms with Crippen molar-refractivity contribution >= 4 is 32.6 Å². The van der Waals surface area contributed by atoms with Crippen LogP contribution in [0.4, 0.5) is 0 Å². The molecular formula is C27H29N3O4S. The summed E-state index contributed by atoms with van der Waals surface area (Å²) in [4.78, 5) is 27.5. The summed E-state index contributed by atoms with van der Waals surface area (Å²) in [5.74, 6) is -0.493. The predicted molar refractivity (Wildman–Crippen MR) is 134 cm³/mol. The molecule has 8 heteroatoms. The Morgan fingerprint density at radius 2 is 1.74 bits per heavy atom. The zero-order valence-electron chi connectivity index (χ0n) is 19.5. The second-order valence-corrected chi connectivity index (χ2v) is 11.2. The summed E-state index contributed by atoms with van der Waals surface area (Å²) in [5.41, 5.74) is 1.42. The van der Waals surface area contributed by atoms with Gasteiger partial charge < -0.3 is 10.2 Å². The van der Waals surface area contributed by atoms with Crippen molar-refractivity contribution in [3.05, 3.63) is 77.9 Å². The molecule has 1 aliphatic heterocycles. The number of hydrogen-bond acceptors (Lipinski definition) is 4. The number of hydrogen-bond donors (Lipinski definition) is 1. The van der Waals surface area contributed by atoms with Gasteiger partial charge in [0.1, 0.15) is 0 Å². The van der Waals surface area contributed by atoms with Crippen molar-refractivity contribution in [3.63, 3.8) is 0 Å². The molecule has 3 aromatic carbocycles. The molecule has 1 saturated heterocycles. The van der Waals surface area contributed by atoms with Crippen molar-refractivity contribution in [3.8, 4) is 0 Å². The summed E-state index contributed by atoms with van der Waals surface area (Å²) in [6, 6.07) is 20.6. The molecule has 35 heavy (non-hydrogen) atoms. The molecule has 1 heterocycles. The number of benzene rings is 3. The van der Waals surface area contributed by atoms with Crippen LogP contribution in [0.25, 0.3) is 10.8 Å². The summed E-state index contributed by atoms with van der Waals surface area (Å²) in [5, 5.41) is 4.88. The van der Waals surface area contributed by atoms with Crippen LogP contribution in [0.3, 0.4) is 0 Å². The van der Waals surface area contributed by atoms with Crippen molar-refractivity contribution in [2.24, 2.45) is 0 Å². The summed E-state index contributed by atoms with van der Waals surface area (Å²) in [6.07, 6.45) is 4.04. The molecule has 0 atom stereocenters. The first-order valence-corrected chi connectivity index (χ1v) is 13.5. The minimum Gasteiger partial charge on any atom is -0.354 e. The highest BCUT2D eigenvalue weighted by molar-refractivity contribution is 7.89. The average molecular weight is 492 g/mol. The Balaban J connectivity index is 1.47. The Hall–Kier alpha value is -3.23. The van der Waals surface area contributed by atoms with Crippen LogP contribution in [0.2, 0.25) is 0 Å². The number of fused-ring (bicyclic) bond motifs is 1. The zero-order chi connectivity index (χ0) is 24.4. The maximum Gasteiger partial charge on any atom is 0.254 e. The molecule has 182 valence electrons. The second kappa shape index (κ2) is 9.79. The van der Waals surface area contributed by atoms with Crippen LogP contribution in [0.5, 0.6) is 0 Å². The van der Waals surface area contributed by atoms with E-state index in [1.165, 1.54) is 16.4 Å². The maximum absolute atomic E-state index is 13.8. The topological polar surface area (TPSA) is 86.8 Å². The monoisotopic (exact) mass is 491 g/mol. The van der Waals surface area contributed by atoms with E-state index in [0.717, 1.165) is 42.0 Å². The zero-order valence-corrected chi connectivity index (χ0v) is 20.3. The fourth-order valence-electron chi connectivity index (χ4n) is 5.12. The summed E-state index contributed by atoms with van der Waals surface area (Å²) < 4.78 is 27.6. The van der Waals surface area contributed by atoms with Gasteiger partial charge in [-0.2, -0.15) is 4.31 Å². The first-order valence-electron chi connectivity index (χ1n) is 12.1. The van der Waals surface area contributed by atoms with Crippen molar-refractivity contribution in [2.45, 2.75) is 43.2 Å². The number of sulfonamides is 1. The normalized spacial score (nSPS) is 17.4. The third kappa shape index (κ3) is 4.81. The lowest BCUT2D eigenvalue weighted by Gasteiger charge is -2.30. The number of rotatable bonds is 6. The summed E-state index contributed by atoms with van der Waals surface area (Å²) in [6.45, 7) is 0.739. The molecule has 0 unspecified atom stereocenters. The van der Waals surface area contributed by atoms with Gasteiger partial charge in [0.25, 0.3) is 5.91 Å². The average Bonchev–Trinajstić information content (AvgIpc) is 3.42. The Morgan fingerprint density at radius 1 is 1.00 bits per heavy atom. The molecule has 1 saturated carbocycles. The van der Waals surface area contributed by atoms with Gasteiger partial charge in [0.05, 0.1) is 11.4 Å². The van der Waals surface area contributed by atoms with Crippen molar-refractivity contribution in [2.75, 3.05) is 19.6 Å². The number of nitrogens with one attached hydrogen (secondary N) is 1. The van der Waals surface area contributed by atoms with Crippen molar-refractivity contribution < 1.29 is 18.0 Å². The molecule has 3 aromatic rings. The summed E-state index contributed by atoms with van der Waals surface area (Å²) >= 11 is 0. The lowest BCUT2D eigenvalue weighted by Crippen LogP contribution is -2.49. The lowest BCUT2D eigenvalue weighted by atomic mass is 10.0. The first-order chi connectivity index (χ1) is 16.9. The Kier molecular flexibility index (Phi) is 6.58. The van der Waals surface area contributed by atoms with E-state index >= 15 is 0 Å². The fraction of sp³-hybridized carbons (Fsp3) is 0.333. The SMILES string of the molecule is O=C1CN(S(=O)(=O)c2cccc(C(=O)N(Cc3cccc4ccccc34)C3CCCC3)c2)CCN1. The van der Waals surface area contributed by atoms with Crippen LogP contribution < -0.4 is 5.32 Å². The van der Waals surface area contributed by atoms with Gasteiger partial charge in [0.2, 0.25) is 15.9 Å². The molecule has 5 rings (SSSR count). The van der Waals surface area contributed by atoms with E-state index < -0.39 is 10.0 Å². The lowest BCUT2D eigenvalue weighted by molar-refractivity contribution is -0.122. The molecular weight excluding hydrogens is 462 g/mol.